The lowest BCUT2D eigenvalue weighted by atomic mass is 10.2. The Balaban J connectivity index is 2.18. The summed E-state index contributed by atoms with van der Waals surface area (Å²) < 4.78 is 6.69. The highest BCUT2D eigenvalue weighted by Gasteiger charge is 2.39. The van der Waals surface area contributed by atoms with Crippen LogP contribution in [0.1, 0.15) is 16.9 Å². The number of hydrogen-bond acceptors (Lipinski definition) is 4. The number of rotatable bonds is 5. The van der Waals surface area contributed by atoms with Gasteiger partial charge in [0, 0.05) is 32.8 Å². The van der Waals surface area contributed by atoms with E-state index in [9.17, 15) is 14.7 Å². The summed E-state index contributed by atoms with van der Waals surface area (Å²) in [6.45, 7) is 1.02. The van der Waals surface area contributed by atoms with E-state index in [1.807, 2.05) is 0 Å². The first kappa shape index (κ1) is 14.5. The van der Waals surface area contributed by atoms with Crippen LogP contribution in [-0.2, 0) is 16.1 Å². The van der Waals surface area contributed by atoms with Gasteiger partial charge >= 0.3 is 5.97 Å². The molecule has 1 aromatic rings. The third kappa shape index (κ3) is 2.83. The molecule has 110 valence electrons. The van der Waals surface area contributed by atoms with Gasteiger partial charge in [-0.15, -0.1) is 0 Å². The molecule has 0 aliphatic carbocycles. The number of methoxy groups -OCH3 is 1. The molecule has 0 bridgehead atoms. The minimum Gasteiger partial charge on any atom is -0.480 e. The minimum atomic E-state index is -1.09. The summed E-state index contributed by atoms with van der Waals surface area (Å²) in [5.41, 5.74) is 0.405. The number of aliphatic hydroxyl groups is 1. The Morgan fingerprint density at radius 1 is 1.50 bits per heavy atom. The fraction of sp³-hybridized carbons (Fsp3) is 0.538. The molecule has 2 N–H and O–H groups in total. The molecule has 1 amide bonds. The molecule has 1 aliphatic heterocycles. The number of β-amino-alcohol motifs (C(OH)–C–C–N with tert-alkyl or cyclic N) is 1. The van der Waals surface area contributed by atoms with E-state index in [1.54, 1.807) is 30.0 Å². The van der Waals surface area contributed by atoms with Crippen LogP contribution < -0.4 is 0 Å². The molecule has 0 unspecified atom stereocenters. The van der Waals surface area contributed by atoms with Gasteiger partial charge in [0.25, 0.3) is 5.91 Å². The molecule has 1 aromatic heterocycles. The maximum atomic E-state index is 12.4. The van der Waals surface area contributed by atoms with Crippen LogP contribution in [-0.4, -0.2) is 64.0 Å². The van der Waals surface area contributed by atoms with Crippen molar-refractivity contribution in [3.63, 3.8) is 0 Å². The van der Waals surface area contributed by atoms with Crippen molar-refractivity contribution in [2.24, 2.45) is 0 Å². The average Bonchev–Trinajstić information content (AvgIpc) is 3.01. The Morgan fingerprint density at radius 2 is 2.25 bits per heavy atom. The van der Waals surface area contributed by atoms with E-state index >= 15 is 0 Å². The van der Waals surface area contributed by atoms with Crippen LogP contribution in [0, 0.1) is 0 Å². The Hall–Kier alpha value is -1.86. The normalized spacial score (nSPS) is 22.2. The maximum absolute atomic E-state index is 12.4. The quantitative estimate of drug-likeness (QED) is 0.780. The molecule has 0 radical (unpaired) electrons. The van der Waals surface area contributed by atoms with Gasteiger partial charge in [0.15, 0.2) is 0 Å². The second-order valence-electron chi connectivity index (χ2n) is 4.78. The van der Waals surface area contributed by atoms with Crippen molar-refractivity contribution in [1.29, 1.82) is 0 Å². The molecule has 0 spiro atoms. The third-order valence-corrected chi connectivity index (χ3v) is 3.41. The van der Waals surface area contributed by atoms with Gasteiger partial charge in [-0.2, -0.15) is 0 Å². The maximum Gasteiger partial charge on any atom is 0.326 e. The van der Waals surface area contributed by atoms with Crippen LogP contribution in [0.4, 0.5) is 0 Å². The van der Waals surface area contributed by atoms with E-state index in [0.717, 1.165) is 0 Å². The SMILES string of the molecule is COCCn1cccc1C(=O)N1C[C@@H](O)C[C@H]1C(=O)O. The first-order valence-electron chi connectivity index (χ1n) is 6.40. The Bertz CT molecular complexity index is 499. The summed E-state index contributed by atoms with van der Waals surface area (Å²) in [6, 6.07) is 2.40. The molecule has 20 heavy (non-hydrogen) atoms. The number of nitrogens with zero attached hydrogens (tertiary/aromatic N) is 2. The van der Waals surface area contributed by atoms with Gasteiger partial charge in [-0.1, -0.05) is 0 Å². The molecule has 1 aliphatic rings. The van der Waals surface area contributed by atoms with Crippen molar-refractivity contribution >= 4 is 11.9 Å². The van der Waals surface area contributed by atoms with Gasteiger partial charge in [0.1, 0.15) is 11.7 Å². The van der Waals surface area contributed by atoms with Gasteiger partial charge < -0.3 is 24.4 Å². The summed E-state index contributed by atoms with van der Waals surface area (Å²) in [6.07, 6.45) is 1.02. The Labute approximate surface area is 116 Å². The number of likely N-dealkylation sites (tertiary alicyclic amines) is 1. The predicted molar refractivity (Wildman–Crippen MR) is 69.4 cm³/mol. The molecule has 7 heteroatoms. The van der Waals surface area contributed by atoms with Crippen LogP contribution in [0.2, 0.25) is 0 Å². The molecule has 7 nitrogen and oxygen atoms in total. The fourth-order valence-corrected chi connectivity index (χ4v) is 2.41. The number of hydrogen-bond donors (Lipinski definition) is 2. The summed E-state index contributed by atoms with van der Waals surface area (Å²) in [5, 5.41) is 18.7. The van der Waals surface area contributed by atoms with Gasteiger partial charge in [0.05, 0.1) is 12.7 Å². The zero-order valence-electron chi connectivity index (χ0n) is 11.2. The highest BCUT2D eigenvalue weighted by Crippen LogP contribution is 2.21. The standard InChI is InChI=1S/C13H18N2O5/c1-20-6-5-14-4-2-3-10(14)12(17)15-8-9(16)7-11(15)13(18)19/h2-4,9,11,16H,5-8H2,1H3,(H,18,19)/t9-,11-/m0/s1. The molecule has 0 saturated carbocycles. The molecular formula is C13H18N2O5. The van der Waals surface area contributed by atoms with Gasteiger partial charge in [-0.25, -0.2) is 4.79 Å². The van der Waals surface area contributed by atoms with Crippen molar-refractivity contribution < 1.29 is 24.5 Å². The van der Waals surface area contributed by atoms with E-state index in [-0.39, 0.29) is 18.9 Å². The Morgan fingerprint density at radius 3 is 2.90 bits per heavy atom. The smallest absolute Gasteiger partial charge is 0.326 e. The number of aliphatic hydroxyl groups excluding tert-OH is 1. The molecule has 2 rings (SSSR count). The lowest BCUT2D eigenvalue weighted by Gasteiger charge is -2.21. The van der Waals surface area contributed by atoms with Gasteiger partial charge in [-0.3, -0.25) is 4.79 Å². The molecular weight excluding hydrogens is 264 g/mol. The van der Waals surface area contributed by atoms with Crippen molar-refractivity contribution in [2.75, 3.05) is 20.3 Å². The number of amides is 1. The van der Waals surface area contributed by atoms with E-state index in [1.165, 1.54) is 4.90 Å². The van der Waals surface area contributed by atoms with Crippen LogP contribution in [0.25, 0.3) is 0 Å². The molecule has 0 aromatic carbocycles. The highest BCUT2D eigenvalue weighted by molar-refractivity contribution is 5.95. The second kappa shape index (κ2) is 6.06. The third-order valence-electron chi connectivity index (χ3n) is 3.41. The number of aromatic nitrogens is 1. The number of aliphatic carboxylic acids is 1. The summed E-state index contributed by atoms with van der Waals surface area (Å²) >= 11 is 0. The number of ether oxygens (including phenoxy) is 1. The minimum absolute atomic E-state index is 0.0469. The second-order valence-corrected chi connectivity index (χ2v) is 4.78. The summed E-state index contributed by atoms with van der Waals surface area (Å²) in [5.74, 6) is -1.47. The van der Waals surface area contributed by atoms with E-state index in [0.29, 0.717) is 18.8 Å². The average molecular weight is 282 g/mol. The molecule has 1 saturated heterocycles. The lowest BCUT2D eigenvalue weighted by Crippen LogP contribution is -2.41. The van der Waals surface area contributed by atoms with Crippen molar-refractivity contribution in [3.8, 4) is 0 Å². The van der Waals surface area contributed by atoms with Crippen LogP contribution in [0.3, 0.4) is 0 Å². The van der Waals surface area contributed by atoms with E-state index in [4.69, 9.17) is 9.84 Å². The van der Waals surface area contributed by atoms with E-state index < -0.39 is 18.1 Å². The highest BCUT2D eigenvalue weighted by atomic mass is 16.5. The zero-order valence-corrected chi connectivity index (χ0v) is 11.2. The van der Waals surface area contributed by atoms with Crippen molar-refractivity contribution in [3.05, 3.63) is 24.0 Å². The molecule has 2 atom stereocenters. The van der Waals surface area contributed by atoms with Crippen LogP contribution in [0.5, 0.6) is 0 Å². The van der Waals surface area contributed by atoms with Crippen LogP contribution >= 0.6 is 0 Å². The summed E-state index contributed by atoms with van der Waals surface area (Å²) in [7, 11) is 1.57. The summed E-state index contributed by atoms with van der Waals surface area (Å²) in [4.78, 5) is 24.8. The Kier molecular flexibility index (Phi) is 4.41. The lowest BCUT2D eigenvalue weighted by molar-refractivity contribution is -0.141. The fourth-order valence-electron chi connectivity index (χ4n) is 2.41. The number of carbonyl (C=O) groups excluding carboxylic acids is 1. The number of carboxylic acids is 1. The molecule has 2 heterocycles. The first-order chi connectivity index (χ1) is 9.54. The predicted octanol–water partition coefficient (Wildman–Crippen LogP) is -0.206. The number of carbonyl (C=O) groups is 2. The monoisotopic (exact) mass is 282 g/mol. The van der Waals surface area contributed by atoms with Gasteiger partial charge in [0.2, 0.25) is 0 Å². The number of carboxylic acid groups (broad SMARTS) is 1. The van der Waals surface area contributed by atoms with Gasteiger partial charge in [-0.05, 0) is 12.1 Å². The van der Waals surface area contributed by atoms with Crippen molar-refractivity contribution in [2.45, 2.75) is 25.1 Å². The zero-order chi connectivity index (χ0) is 14.7. The topological polar surface area (TPSA) is 92.0 Å². The van der Waals surface area contributed by atoms with E-state index in [2.05, 4.69) is 0 Å². The molecule has 1 fully saturated rings. The largest absolute Gasteiger partial charge is 0.480 e. The van der Waals surface area contributed by atoms with Crippen molar-refractivity contribution in [1.82, 2.24) is 9.47 Å². The first-order valence-corrected chi connectivity index (χ1v) is 6.40. The van der Waals surface area contributed by atoms with Crippen LogP contribution in [0.15, 0.2) is 18.3 Å².